The smallest absolute Gasteiger partial charge is 0.336 e. The molecule has 0 fully saturated rings. The van der Waals surface area contributed by atoms with Gasteiger partial charge < -0.3 is 5.32 Å². The van der Waals surface area contributed by atoms with Crippen molar-refractivity contribution in [3.63, 3.8) is 0 Å². The number of benzene rings is 3. The van der Waals surface area contributed by atoms with Gasteiger partial charge in [0.2, 0.25) is 5.91 Å². The van der Waals surface area contributed by atoms with E-state index in [1.807, 2.05) is 0 Å². The molecule has 35 heavy (non-hydrogen) atoms. The summed E-state index contributed by atoms with van der Waals surface area (Å²) in [6.45, 7) is 4.82. The summed E-state index contributed by atoms with van der Waals surface area (Å²) in [6.07, 6.45) is 1.12. The zero-order valence-electron chi connectivity index (χ0n) is 19.8. The first-order valence-corrected chi connectivity index (χ1v) is 11.7. The Bertz CT molecular complexity index is 1470. The first-order valence-electron chi connectivity index (χ1n) is 11.7. The molecule has 0 aliphatic rings. The molecule has 0 bridgehead atoms. The molecule has 4 aromatic rings. The second-order valence-corrected chi connectivity index (χ2v) is 8.99. The van der Waals surface area contributed by atoms with E-state index in [9.17, 15) is 18.8 Å². The molecule has 0 aliphatic carbocycles. The minimum absolute atomic E-state index is 0.0130. The van der Waals surface area contributed by atoms with Gasteiger partial charge in [-0.25, -0.2) is 13.8 Å². The van der Waals surface area contributed by atoms with Crippen molar-refractivity contribution >= 4 is 16.8 Å². The zero-order valence-corrected chi connectivity index (χ0v) is 19.8. The lowest BCUT2D eigenvalue weighted by molar-refractivity contribution is -0.120. The van der Waals surface area contributed by atoms with E-state index in [2.05, 4.69) is 19.2 Å². The van der Waals surface area contributed by atoms with Crippen LogP contribution in [0.2, 0.25) is 0 Å². The minimum Gasteiger partial charge on any atom is -0.356 e. The molecular formula is C28H28FN3O3. The highest BCUT2D eigenvalue weighted by Gasteiger charge is 2.16. The van der Waals surface area contributed by atoms with Crippen LogP contribution < -0.4 is 16.6 Å². The summed E-state index contributed by atoms with van der Waals surface area (Å²) in [4.78, 5) is 39.0. The average molecular weight is 474 g/mol. The molecule has 1 heterocycles. The SMILES string of the molecule is CC(C)CCNC(=O)Cc1ccc(-n2c(=O)c3ccccc3n(Cc3ccccc3F)c2=O)cc1. The van der Waals surface area contributed by atoms with Gasteiger partial charge in [0.1, 0.15) is 5.82 Å². The van der Waals surface area contributed by atoms with Crippen LogP contribution in [0.1, 0.15) is 31.4 Å². The van der Waals surface area contributed by atoms with Crippen molar-refractivity contribution < 1.29 is 9.18 Å². The topological polar surface area (TPSA) is 73.1 Å². The van der Waals surface area contributed by atoms with Crippen molar-refractivity contribution in [2.45, 2.75) is 33.2 Å². The number of para-hydroxylation sites is 1. The molecule has 1 N–H and O–H groups in total. The lowest BCUT2D eigenvalue weighted by atomic mass is 10.1. The van der Waals surface area contributed by atoms with Gasteiger partial charge in [0, 0.05) is 12.1 Å². The van der Waals surface area contributed by atoms with E-state index in [-0.39, 0.29) is 18.9 Å². The fraction of sp³-hybridized carbons (Fsp3) is 0.250. The Hall–Kier alpha value is -4.00. The molecule has 7 heteroatoms. The predicted octanol–water partition coefficient (Wildman–Crippen LogP) is 4.04. The first-order chi connectivity index (χ1) is 16.8. The number of nitrogens with zero attached hydrogens (tertiary/aromatic N) is 2. The van der Waals surface area contributed by atoms with Crippen molar-refractivity contribution in [1.82, 2.24) is 14.5 Å². The molecule has 0 spiro atoms. The van der Waals surface area contributed by atoms with Gasteiger partial charge in [-0.2, -0.15) is 0 Å². The van der Waals surface area contributed by atoms with Crippen LogP contribution in [0.4, 0.5) is 4.39 Å². The number of carbonyl (C=O) groups is 1. The number of amides is 1. The normalized spacial score (nSPS) is 11.2. The zero-order chi connectivity index (χ0) is 24.9. The third-order valence-electron chi connectivity index (χ3n) is 5.94. The van der Waals surface area contributed by atoms with E-state index in [1.165, 1.54) is 10.6 Å². The van der Waals surface area contributed by atoms with Crippen LogP contribution in [0.5, 0.6) is 0 Å². The van der Waals surface area contributed by atoms with Crippen molar-refractivity contribution in [3.8, 4) is 5.69 Å². The van der Waals surface area contributed by atoms with Crippen LogP contribution in [-0.4, -0.2) is 21.6 Å². The molecule has 0 unspecified atom stereocenters. The fourth-order valence-electron chi connectivity index (χ4n) is 4.01. The lowest BCUT2D eigenvalue weighted by Gasteiger charge is -2.15. The number of nitrogens with one attached hydrogen (secondary N) is 1. The van der Waals surface area contributed by atoms with E-state index in [1.54, 1.807) is 66.7 Å². The van der Waals surface area contributed by atoms with Gasteiger partial charge in [-0.15, -0.1) is 0 Å². The maximum atomic E-state index is 14.4. The van der Waals surface area contributed by atoms with Gasteiger partial charge in [-0.3, -0.25) is 14.2 Å². The molecule has 6 nitrogen and oxygen atoms in total. The maximum Gasteiger partial charge on any atom is 0.336 e. The van der Waals surface area contributed by atoms with Crippen molar-refractivity contribution in [1.29, 1.82) is 0 Å². The van der Waals surface area contributed by atoms with Crippen molar-refractivity contribution in [3.05, 3.63) is 111 Å². The molecule has 1 aromatic heterocycles. The van der Waals surface area contributed by atoms with Gasteiger partial charge in [0.25, 0.3) is 5.56 Å². The van der Waals surface area contributed by atoms with E-state index >= 15 is 0 Å². The van der Waals surface area contributed by atoms with Crippen LogP contribution in [0.15, 0.2) is 82.4 Å². The Balaban J connectivity index is 1.69. The van der Waals surface area contributed by atoms with E-state index in [0.29, 0.717) is 34.6 Å². The second kappa shape index (κ2) is 10.5. The van der Waals surface area contributed by atoms with Gasteiger partial charge in [-0.1, -0.05) is 56.3 Å². The molecular weight excluding hydrogens is 445 g/mol. The molecule has 0 saturated heterocycles. The summed E-state index contributed by atoms with van der Waals surface area (Å²) in [6, 6.07) is 19.8. The Morgan fingerprint density at radius 3 is 2.34 bits per heavy atom. The largest absolute Gasteiger partial charge is 0.356 e. The molecule has 1 amide bonds. The summed E-state index contributed by atoms with van der Waals surface area (Å²) in [5.41, 5.74) is 0.944. The summed E-state index contributed by atoms with van der Waals surface area (Å²) in [5.74, 6) is 0.0167. The summed E-state index contributed by atoms with van der Waals surface area (Å²) in [7, 11) is 0. The van der Waals surface area contributed by atoms with Gasteiger partial charge >= 0.3 is 5.69 Å². The third-order valence-corrected chi connectivity index (χ3v) is 5.94. The van der Waals surface area contributed by atoms with Gasteiger partial charge in [0.05, 0.1) is 29.6 Å². The number of aromatic nitrogens is 2. The van der Waals surface area contributed by atoms with E-state index < -0.39 is 17.1 Å². The average Bonchev–Trinajstić information content (AvgIpc) is 2.84. The van der Waals surface area contributed by atoms with Crippen LogP contribution in [0.25, 0.3) is 16.6 Å². The fourth-order valence-corrected chi connectivity index (χ4v) is 4.01. The van der Waals surface area contributed by atoms with Gasteiger partial charge in [-0.05, 0) is 48.2 Å². The molecule has 180 valence electrons. The number of carbonyl (C=O) groups excluding carboxylic acids is 1. The van der Waals surface area contributed by atoms with Crippen LogP contribution >= 0.6 is 0 Å². The standard InChI is InChI=1S/C28H28FN3O3/c1-19(2)15-16-30-26(33)17-20-11-13-22(14-12-20)32-27(34)23-8-4-6-10-25(23)31(28(32)35)18-21-7-3-5-9-24(21)29/h3-14,19H,15-18H2,1-2H3,(H,30,33). The van der Waals surface area contributed by atoms with Crippen LogP contribution in [-0.2, 0) is 17.8 Å². The minimum atomic E-state index is -0.559. The second-order valence-electron chi connectivity index (χ2n) is 8.99. The lowest BCUT2D eigenvalue weighted by Crippen LogP contribution is -2.39. The number of hydrogen-bond acceptors (Lipinski definition) is 3. The number of rotatable bonds is 8. The highest BCUT2D eigenvalue weighted by atomic mass is 19.1. The molecule has 3 aromatic carbocycles. The number of halogens is 1. The first kappa shape index (κ1) is 24.1. The number of hydrogen-bond donors (Lipinski definition) is 1. The molecule has 0 aliphatic heterocycles. The maximum absolute atomic E-state index is 14.4. The van der Waals surface area contributed by atoms with Gasteiger partial charge in [0.15, 0.2) is 0 Å². The number of fused-ring (bicyclic) bond motifs is 1. The van der Waals surface area contributed by atoms with Crippen molar-refractivity contribution in [2.75, 3.05) is 6.54 Å². The molecule has 0 atom stereocenters. The highest BCUT2D eigenvalue weighted by molar-refractivity contribution is 5.79. The van der Waals surface area contributed by atoms with E-state index in [4.69, 9.17) is 0 Å². The van der Waals surface area contributed by atoms with Crippen molar-refractivity contribution in [2.24, 2.45) is 5.92 Å². The van der Waals surface area contributed by atoms with Crippen LogP contribution in [0, 0.1) is 11.7 Å². The third kappa shape index (κ3) is 5.40. The molecule has 4 rings (SSSR count). The Morgan fingerprint density at radius 1 is 0.943 bits per heavy atom. The summed E-state index contributed by atoms with van der Waals surface area (Å²) >= 11 is 0. The Morgan fingerprint density at radius 2 is 1.63 bits per heavy atom. The highest BCUT2D eigenvalue weighted by Crippen LogP contribution is 2.15. The Labute approximate surface area is 202 Å². The summed E-state index contributed by atoms with van der Waals surface area (Å²) in [5, 5.41) is 3.26. The monoisotopic (exact) mass is 473 g/mol. The van der Waals surface area contributed by atoms with Crippen LogP contribution in [0.3, 0.4) is 0 Å². The molecule has 0 radical (unpaired) electrons. The Kier molecular flexibility index (Phi) is 7.25. The quantitative estimate of drug-likeness (QED) is 0.420. The van der Waals surface area contributed by atoms with E-state index in [0.717, 1.165) is 16.6 Å². The summed E-state index contributed by atoms with van der Waals surface area (Å²) < 4.78 is 16.9. The predicted molar refractivity (Wildman–Crippen MR) is 135 cm³/mol. The molecule has 0 saturated carbocycles.